The first-order chi connectivity index (χ1) is 10.0. The Labute approximate surface area is 135 Å². The minimum Gasteiger partial charge on any atom is -0.310 e. The van der Waals surface area contributed by atoms with Gasteiger partial charge in [-0.15, -0.1) is 0 Å². The number of aryl methyl sites for hydroxylation is 2. The molecule has 21 heavy (non-hydrogen) atoms. The lowest BCUT2D eigenvalue weighted by Crippen LogP contribution is -2.32. The van der Waals surface area contributed by atoms with Crippen LogP contribution in [0.5, 0.6) is 0 Å². The third-order valence-corrected chi connectivity index (χ3v) is 5.44. The van der Waals surface area contributed by atoms with Gasteiger partial charge in [-0.1, -0.05) is 44.4 Å². The zero-order chi connectivity index (χ0) is 15.4. The molecule has 0 spiro atoms. The van der Waals surface area contributed by atoms with Gasteiger partial charge in [0, 0.05) is 11.1 Å². The third kappa shape index (κ3) is 4.23. The minimum absolute atomic E-state index is 0.494. The molecule has 1 saturated carbocycles. The van der Waals surface area contributed by atoms with Crippen molar-refractivity contribution in [1.29, 1.82) is 0 Å². The zero-order valence-corrected chi connectivity index (χ0v) is 14.8. The molecule has 1 aromatic carbocycles. The molecule has 1 atom stereocenters. The number of benzene rings is 1. The van der Waals surface area contributed by atoms with Crippen LogP contribution in [0.1, 0.15) is 68.7 Å². The fraction of sp³-hybridized carbons (Fsp3) is 0.684. The molecule has 0 bridgehead atoms. The first-order valence-corrected chi connectivity index (χ1v) is 8.90. The van der Waals surface area contributed by atoms with Gasteiger partial charge in [0.25, 0.3) is 0 Å². The molecule has 118 valence electrons. The lowest BCUT2D eigenvalue weighted by molar-refractivity contribution is 0.231. The van der Waals surface area contributed by atoms with E-state index in [1.807, 2.05) is 0 Å². The molecule has 1 nitrogen and oxygen atoms in total. The standard InChI is InChI=1S/C19H30ClN/c1-5-10-21-19(16-8-6-13(2)7-9-16)17-11-15(4)18(20)12-14(17)3/h11-13,16,19,21H,5-10H2,1-4H3. The molecule has 2 rings (SSSR count). The van der Waals surface area contributed by atoms with E-state index in [1.165, 1.54) is 48.8 Å². The van der Waals surface area contributed by atoms with Crippen molar-refractivity contribution in [2.24, 2.45) is 11.8 Å². The van der Waals surface area contributed by atoms with E-state index >= 15 is 0 Å². The highest BCUT2D eigenvalue weighted by Crippen LogP contribution is 2.38. The molecule has 1 fully saturated rings. The SMILES string of the molecule is CCCNC(c1cc(C)c(Cl)cc1C)C1CCC(C)CC1. The summed E-state index contributed by atoms with van der Waals surface area (Å²) in [5.74, 6) is 1.67. The fourth-order valence-electron chi connectivity index (χ4n) is 3.59. The van der Waals surface area contributed by atoms with Crippen LogP contribution in [0.2, 0.25) is 5.02 Å². The molecule has 0 radical (unpaired) electrons. The van der Waals surface area contributed by atoms with Crippen LogP contribution in [-0.4, -0.2) is 6.54 Å². The van der Waals surface area contributed by atoms with Gasteiger partial charge < -0.3 is 5.32 Å². The van der Waals surface area contributed by atoms with Crippen molar-refractivity contribution < 1.29 is 0 Å². The molecule has 0 saturated heterocycles. The van der Waals surface area contributed by atoms with Crippen molar-refractivity contribution in [3.8, 4) is 0 Å². The van der Waals surface area contributed by atoms with Gasteiger partial charge in [0.2, 0.25) is 0 Å². The van der Waals surface area contributed by atoms with Gasteiger partial charge in [-0.05, 0) is 74.2 Å². The highest BCUT2D eigenvalue weighted by atomic mass is 35.5. The number of rotatable bonds is 5. The smallest absolute Gasteiger partial charge is 0.0438 e. The van der Waals surface area contributed by atoms with Crippen molar-refractivity contribution in [3.63, 3.8) is 0 Å². The summed E-state index contributed by atoms with van der Waals surface area (Å²) in [6.45, 7) is 10.0. The van der Waals surface area contributed by atoms with Gasteiger partial charge in [-0.2, -0.15) is 0 Å². The number of hydrogen-bond acceptors (Lipinski definition) is 1. The van der Waals surface area contributed by atoms with E-state index in [-0.39, 0.29) is 0 Å². The van der Waals surface area contributed by atoms with E-state index in [9.17, 15) is 0 Å². The molecule has 1 unspecified atom stereocenters. The van der Waals surface area contributed by atoms with E-state index in [2.05, 4.69) is 45.1 Å². The Morgan fingerprint density at radius 1 is 1.14 bits per heavy atom. The summed E-state index contributed by atoms with van der Waals surface area (Å²) in [6.07, 6.45) is 6.64. The molecule has 1 N–H and O–H groups in total. The normalized spacial score (nSPS) is 24.0. The van der Waals surface area contributed by atoms with Crippen LogP contribution in [0.4, 0.5) is 0 Å². The summed E-state index contributed by atoms with van der Waals surface area (Å²) in [6, 6.07) is 4.94. The predicted octanol–water partition coefficient (Wildman–Crippen LogP) is 5.82. The highest BCUT2D eigenvalue weighted by molar-refractivity contribution is 6.31. The second-order valence-corrected chi connectivity index (χ2v) is 7.32. The van der Waals surface area contributed by atoms with Crippen LogP contribution < -0.4 is 5.32 Å². The molecular formula is C19H30ClN. The van der Waals surface area contributed by atoms with Crippen LogP contribution in [0.25, 0.3) is 0 Å². The molecule has 2 heteroatoms. The fourth-order valence-corrected chi connectivity index (χ4v) is 3.81. The summed E-state index contributed by atoms with van der Waals surface area (Å²) < 4.78 is 0. The Morgan fingerprint density at radius 3 is 2.43 bits per heavy atom. The Bertz CT molecular complexity index is 461. The van der Waals surface area contributed by atoms with Gasteiger partial charge in [-0.3, -0.25) is 0 Å². The van der Waals surface area contributed by atoms with Crippen LogP contribution >= 0.6 is 11.6 Å². The van der Waals surface area contributed by atoms with Crippen molar-refractivity contribution in [1.82, 2.24) is 5.32 Å². The van der Waals surface area contributed by atoms with Crippen LogP contribution in [0.15, 0.2) is 12.1 Å². The van der Waals surface area contributed by atoms with Crippen molar-refractivity contribution in [2.75, 3.05) is 6.54 Å². The zero-order valence-electron chi connectivity index (χ0n) is 14.0. The number of halogens is 1. The van der Waals surface area contributed by atoms with Gasteiger partial charge in [-0.25, -0.2) is 0 Å². The summed E-state index contributed by atoms with van der Waals surface area (Å²) >= 11 is 6.28. The molecule has 0 heterocycles. The van der Waals surface area contributed by atoms with Crippen molar-refractivity contribution in [3.05, 3.63) is 33.8 Å². The van der Waals surface area contributed by atoms with E-state index in [4.69, 9.17) is 11.6 Å². The second kappa shape index (κ2) is 7.65. The third-order valence-electron chi connectivity index (χ3n) is 5.03. The molecule has 0 aliphatic heterocycles. The first kappa shape index (κ1) is 16.8. The molecule has 1 aliphatic carbocycles. The van der Waals surface area contributed by atoms with E-state index in [0.717, 1.165) is 23.4 Å². The average Bonchev–Trinajstić information content (AvgIpc) is 2.46. The molecule has 0 aromatic heterocycles. The maximum Gasteiger partial charge on any atom is 0.0438 e. The summed E-state index contributed by atoms with van der Waals surface area (Å²) in [7, 11) is 0. The van der Waals surface area contributed by atoms with E-state index < -0.39 is 0 Å². The van der Waals surface area contributed by atoms with E-state index in [1.54, 1.807) is 0 Å². The van der Waals surface area contributed by atoms with Crippen molar-refractivity contribution >= 4 is 11.6 Å². The van der Waals surface area contributed by atoms with Crippen molar-refractivity contribution in [2.45, 2.75) is 65.8 Å². The van der Waals surface area contributed by atoms with Crippen LogP contribution in [0, 0.1) is 25.7 Å². The second-order valence-electron chi connectivity index (χ2n) is 6.91. The predicted molar refractivity (Wildman–Crippen MR) is 93.1 cm³/mol. The van der Waals surface area contributed by atoms with Crippen LogP contribution in [0.3, 0.4) is 0 Å². The minimum atomic E-state index is 0.494. The summed E-state index contributed by atoms with van der Waals surface area (Å²) in [5, 5.41) is 4.71. The molecule has 1 aliphatic rings. The lowest BCUT2D eigenvalue weighted by atomic mass is 9.76. The Balaban J connectivity index is 2.25. The summed E-state index contributed by atoms with van der Waals surface area (Å²) in [5.41, 5.74) is 3.99. The average molecular weight is 308 g/mol. The Morgan fingerprint density at radius 2 is 1.81 bits per heavy atom. The largest absolute Gasteiger partial charge is 0.310 e. The maximum atomic E-state index is 6.28. The topological polar surface area (TPSA) is 12.0 Å². The van der Waals surface area contributed by atoms with Gasteiger partial charge in [0.1, 0.15) is 0 Å². The quantitative estimate of drug-likeness (QED) is 0.722. The highest BCUT2D eigenvalue weighted by Gasteiger charge is 2.28. The Kier molecular flexibility index (Phi) is 6.13. The lowest BCUT2D eigenvalue weighted by Gasteiger charge is -2.34. The number of nitrogens with one attached hydrogen (secondary N) is 1. The molecule has 1 aromatic rings. The van der Waals surface area contributed by atoms with Gasteiger partial charge in [0.05, 0.1) is 0 Å². The molecular weight excluding hydrogens is 278 g/mol. The first-order valence-electron chi connectivity index (χ1n) is 8.53. The maximum absolute atomic E-state index is 6.28. The summed E-state index contributed by atoms with van der Waals surface area (Å²) in [4.78, 5) is 0. The Hall–Kier alpha value is -0.530. The van der Waals surface area contributed by atoms with Crippen LogP contribution in [-0.2, 0) is 0 Å². The van der Waals surface area contributed by atoms with Gasteiger partial charge >= 0.3 is 0 Å². The van der Waals surface area contributed by atoms with Gasteiger partial charge in [0.15, 0.2) is 0 Å². The van der Waals surface area contributed by atoms with E-state index in [0.29, 0.717) is 6.04 Å². The number of hydrogen-bond donors (Lipinski definition) is 1. The monoisotopic (exact) mass is 307 g/mol. The molecule has 0 amide bonds.